The number of rotatable bonds is 1. The van der Waals surface area contributed by atoms with Crippen molar-refractivity contribution in [3.05, 3.63) is 66.4 Å². The maximum Gasteiger partial charge on any atom is 0.144 e. The molecule has 0 amide bonds. The van der Waals surface area contributed by atoms with Gasteiger partial charge in [-0.1, -0.05) is 30.3 Å². The Kier molecular flexibility index (Phi) is 2.36. The molecular weight excluding hydrogens is 246 g/mol. The summed E-state index contributed by atoms with van der Waals surface area (Å²) in [6.45, 7) is 2.07. The monoisotopic (exact) mass is 259 g/mol. The van der Waals surface area contributed by atoms with Gasteiger partial charge in [-0.3, -0.25) is 4.98 Å². The Morgan fingerprint density at radius 1 is 0.900 bits per heavy atom. The number of furan rings is 1. The van der Waals surface area contributed by atoms with E-state index in [1.165, 1.54) is 5.56 Å². The summed E-state index contributed by atoms with van der Waals surface area (Å²) >= 11 is 0. The molecule has 2 nitrogen and oxygen atoms in total. The molecule has 0 aliphatic heterocycles. The summed E-state index contributed by atoms with van der Waals surface area (Å²) in [5.41, 5.74) is 5.02. The van der Waals surface area contributed by atoms with Gasteiger partial charge in [0.25, 0.3) is 0 Å². The highest BCUT2D eigenvalue weighted by Gasteiger charge is 2.12. The van der Waals surface area contributed by atoms with Gasteiger partial charge < -0.3 is 4.42 Å². The Hall–Kier alpha value is -2.61. The lowest BCUT2D eigenvalue weighted by Crippen LogP contribution is -1.84. The first-order valence-electron chi connectivity index (χ1n) is 6.66. The molecule has 0 bridgehead atoms. The number of para-hydroxylation sites is 2. The van der Waals surface area contributed by atoms with Gasteiger partial charge in [-0.15, -0.1) is 0 Å². The molecule has 96 valence electrons. The zero-order valence-electron chi connectivity index (χ0n) is 11.1. The number of fused-ring (bicyclic) bond motifs is 3. The lowest BCUT2D eigenvalue weighted by Gasteiger charge is -2.02. The maximum atomic E-state index is 6.04. The van der Waals surface area contributed by atoms with Crippen molar-refractivity contribution in [3.8, 4) is 11.3 Å². The van der Waals surface area contributed by atoms with E-state index in [1.807, 2.05) is 30.5 Å². The number of hydrogen-bond donors (Lipinski definition) is 0. The smallest absolute Gasteiger partial charge is 0.144 e. The van der Waals surface area contributed by atoms with E-state index in [0.29, 0.717) is 0 Å². The van der Waals surface area contributed by atoms with Gasteiger partial charge in [0.1, 0.15) is 11.2 Å². The molecule has 2 aromatic carbocycles. The second-order valence-corrected chi connectivity index (χ2v) is 5.00. The Morgan fingerprint density at radius 3 is 2.65 bits per heavy atom. The third-order valence-electron chi connectivity index (χ3n) is 3.60. The van der Waals surface area contributed by atoms with E-state index in [4.69, 9.17) is 4.42 Å². The number of nitrogens with zero attached hydrogens (tertiary/aromatic N) is 1. The number of hydrogen-bond acceptors (Lipinski definition) is 2. The Bertz CT molecular complexity index is 921. The summed E-state index contributed by atoms with van der Waals surface area (Å²) < 4.78 is 6.04. The molecule has 0 atom stereocenters. The summed E-state index contributed by atoms with van der Waals surface area (Å²) in [5, 5.41) is 2.29. The lowest BCUT2D eigenvalue weighted by atomic mass is 10.1. The van der Waals surface area contributed by atoms with Gasteiger partial charge in [0.05, 0.1) is 5.69 Å². The van der Waals surface area contributed by atoms with E-state index >= 15 is 0 Å². The zero-order valence-corrected chi connectivity index (χ0v) is 11.1. The van der Waals surface area contributed by atoms with Crippen LogP contribution in [0.15, 0.2) is 65.2 Å². The average Bonchev–Trinajstić information content (AvgIpc) is 2.86. The standard InChI is InChI=1S/C18H13NO/c1-12-9-10-19-16(11-12)15-7-4-6-14-13-5-2-3-8-17(13)20-18(14)15/h2-11H,1H3. The second-order valence-electron chi connectivity index (χ2n) is 5.00. The summed E-state index contributed by atoms with van der Waals surface area (Å²) in [5.74, 6) is 0. The van der Waals surface area contributed by atoms with Gasteiger partial charge >= 0.3 is 0 Å². The minimum Gasteiger partial charge on any atom is -0.455 e. The van der Waals surface area contributed by atoms with Gasteiger partial charge in [-0.25, -0.2) is 0 Å². The fourth-order valence-corrected chi connectivity index (χ4v) is 2.63. The first kappa shape index (κ1) is 11.2. The number of aryl methyl sites for hydroxylation is 1. The molecular formula is C18H13NO. The van der Waals surface area contributed by atoms with Crippen LogP contribution in [-0.2, 0) is 0 Å². The normalized spacial score (nSPS) is 11.2. The maximum absolute atomic E-state index is 6.04. The van der Waals surface area contributed by atoms with E-state index in [2.05, 4.69) is 42.2 Å². The van der Waals surface area contributed by atoms with Crippen LogP contribution in [0, 0.1) is 6.92 Å². The van der Waals surface area contributed by atoms with E-state index < -0.39 is 0 Å². The van der Waals surface area contributed by atoms with E-state index in [-0.39, 0.29) is 0 Å². The van der Waals surface area contributed by atoms with Crippen LogP contribution in [0.3, 0.4) is 0 Å². The van der Waals surface area contributed by atoms with Crippen molar-refractivity contribution in [2.24, 2.45) is 0 Å². The molecule has 2 heteroatoms. The van der Waals surface area contributed by atoms with Gasteiger partial charge in [0.15, 0.2) is 0 Å². The molecule has 0 aliphatic rings. The summed E-state index contributed by atoms with van der Waals surface area (Å²) in [6.07, 6.45) is 1.84. The van der Waals surface area contributed by atoms with Crippen LogP contribution >= 0.6 is 0 Å². The highest BCUT2D eigenvalue weighted by atomic mass is 16.3. The van der Waals surface area contributed by atoms with Crippen molar-refractivity contribution in [2.75, 3.05) is 0 Å². The zero-order chi connectivity index (χ0) is 13.5. The lowest BCUT2D eigenvalue weighted by molar-refractivity contribution is 0.670. The third kappa shape index (κ3) is 1.62. The predicted octanol–water partition coefficient (Wildman–Crippen LogP) is 4.96. The second kappa shape index (κ2) is 4.20. The van der Waals surface area contributed by atoms with Crippen LogP contribution in [0.4, 0.5) is 0 Å². The van der Waals surface area contributed by atoms with Crippen molar-refractivity contribution in [2.45, 2.75) is 6.92 Å². The molecule has 0 spiro atoms. The Morgan fingerprint density at radius 2 is 1.75 bits per heavy atom. The van der Waals surface area contributed by atoms with Crippen molar-refractivity contribution in [1.82, 2.24) is 4.98 Å². The summed E-state index contributed by atoms with van der Waals surface area (Å²) in [4.78, 5) is 4.47. The quantitative estimate of drug-likeness (QED) is 0.483. The first-order valence-corrected chi connectivity index (χ1v) is 6.66. The van der Waals surface area contributed by atoms with Crippen LogP contribution in [0.2, 0.25) is 0 Å². The molecule has 0 unspecified atom stereocenters. The number of pyridine rings is 1. The highest BCUT2D eigenvalue weighted by Crippen LogP contribution is 2.34. The largest absolute Gasteiger partial charge is 0.455 e. The molecule has 0 fully saturated rings. The molecule has 2 heterocycles. The van der Waals surface area contributed by atoms with Crippen LogP contribution in [-0.4, -0.2) is 4.98 Å². The minimum absolute atomic E-state index is 0.909. The van der Waals surface area contributed by atoms with Crippen LogP contribution in [0.25, 0.3) is 33.2 Å². The molecule has 0 saturated carbocycles. The van der Waals surface area contributed by atoms with Crippen LogP contribution in [0.5, 0.6) is 0 Å². The van der Waals surface area contributed by atoms with Gasteiger partial charge in [0.2, 0.25) is 0 Å². The predicted molar refractivity (Wildman–Crippen MR) is 81.7 cm³/mol. The molecule has 2 aromatic heterocycles. The molecule has 4 rings (SSSR count). The number of aromatic nitrogens is 1. The highest BCUT2D eigenvalue weighted by molar-refractivity contribution is 6.09. The third-order valence-corrected chi connectivity index (χ3v) is 3.60. The van der Waals surface area contributed by atoms with E-state index in [9.17, 15) is 0 Å². The van der Waals surface area contributed by atoms with E-state index in [0.717, 1.165) is 33.2 Å². The van der Waals surface area contributed by atoms with Crippen molar-refractivity contribution >= 4 is 21.9 Å². The molecule has 0 radical (unpaired) electrons. The van der Waals surface area contributed by atoms with Gasteiger partial charge in [-0.2, -0.15) is 0 Å². The van der Waals surface area contributed by atoms with Crippen molar-refractivity contribution < 1.29 is 4.42 Å². The summed E-state index contributed by atoms with van der Waals surface area (Å²) in [7, 11) is 0. The molecule has 0 N–H and O–H groups in total. The molecule has 0 saturated heterocycles. The Labute approximate surface area is 116 Å². The van der Waals surface area contributed by atoms with Crippen LogP contribution < -0.4 is 0 Å². The minimum atomic E-state index is 0.909. The molecule has 0 aliphatic carbocycles. The van der Waals surface area contributed by atoms with Crippen LogP contribution in [0.1, 0.15) is 5.56 Å². The topological polar surface area (TPSA) is 26.0 Å². The Balaban J connectivity index is 2.10. The summed E-state index contributed by atoms with van der Waals surface area (Å²) in [6, 6.07) is 18.4. The SMILES string of the molecule is Cc1ccnc(-c2cccc3c2oc2ccccc23)c1. The molecule has 4 aromatic rings. The first-order chi connectivity index (χ1) is 9.83. The van der Waals surface area contributed by atoms with Crippen molar-refractivity contribution in [3.63, 3.8) is 0 Å². The van der Waals surface area contributed by atoms with Gasteiger partial charge in [-0.05, 0) is 36.8 Å². The van der Waals surface area contributed by atoms with Gasteiger partial charge in [0, 0.05) is 22.5 Å². The number of benzene rings is 2. The fourth-order valence-electron chi connectivity index (χ4n) is 2.63. The fraction of sp³-hybridized carbons (Fsp3) is 0.0556. The van der Waals surface area contributed by atoms with E-state index in [1.54, 1.807) is 0 Å². The van der Waals surface area contributed by atoms with Crippen molar-refractivity contribution in [1.29, 1.82) is 0 Å². The average molecular weight is 259 g/mol. The molecule has 20 heavy (non-hydrogen) atoms.